The number of unbranched alkanes of at least 4 members (excludes halogenated alkanes) is 2. The lowest BCUT2D eigenvalue weighted by Gasteiger charge is -2.24. The molecule has 1 N–H and O–H groups in total. The average Bonchev–Trinajstić information content (AvgIpc) is 2.03. The van der Waals surface area contributed by atoms with Gasteiger partial charge in [0, 0.05) is 6.42 Å². The third-order valence-electron chi connectivity index (χ3n) is 2.70. The minimum atomic E-state index is -0.672. The van der Waals surface area contributed by atoms with E-state index in [1.54, 1.807) is 0 Å². The molecule has 0 aromatic rings. The van der Waals surface area contributed by atoms with Crippen LogP contribution in [0.2, 0.25) is 0 Å². The van der Waals surface area contributed by atoms with Gasteiger partial charge in [-0.3, -0.25) is 4.79 Å². The van der Waals surface area contributed by atoms with Crippen molar-refractivity contribution >= 4 is 5.97 Å². The van der Waals surface area contributed by atoms with Gasteiger partial charge >= 0.3 is 5.97 Å². The van der Waals surface area contributed by atoms with Crippen LogP contribution in [0.15, 0.2) is 0 Å². The minimum absolute atomic E-state index is 0.317. The third-order valence-corrected chi connectivity index (χ3v) is 2.70. The maximum Gasteiger partial charge on any atom is 0.303 e. The molecule has 0 aromatic carbocycles. The van der Waals surface area contributed by atoms with Gasteiger partial charge in [0.25, 0.3) is 0 Å². The molecule has 0 aliphatic heterocycles. The first-order valence-electron chi connectivity index (χ1n) is 5.70. The first-order valence-corrected chi connectivity index (χ1v) is 5.70. The number of carboxylic acid groups (broad SMARTS) is 1. The van der Waals surface area contributed by atoms with E-state index in [2.05, 4.69) is 20.8 Å². The Bertz CT molecular complexity index is 162. The van der Waals surface area contributed by atoms with Gasteiger partial charge in [0.2, 0.25) is 0 Å². The van der Waals surface area contributed by atoms with E-state index in [-0.39, 0.29) is 0 Å². The van der Waals surface area contributed by atoms with Crippen molar-refractivity contribution in [1.29, 1.82) is 0 Å². The molecule has 0 saturated heterocycles. The number of hydrogen-bond acceptors (Lipinski definition) is 1. The van der Waals surface area contributed by atoms with Crippen LogP contribution in [0, 0.1) is 5.41 Å². The summed E-state index contributed by atoms with van der Waals surface area (Å²) >= 11 is 0. The summed E-state index contributed by atoms with van der Waals surface area (Å²) in [5, 5.41) is 8.52. The number of carboxylic acids is 1. The molecule has 0 heterocycles. The Kier molecular flexibility index (Phi) is 6.60. The molecule has 2 heteroatoms. The van der Waals surface area contributed by atoms with Crippen molar-refractivity contribution in [3.05, 3.63) is 0 Å². The highest BCUT2D eigenvalue weighted by atomic mass is 16.4. The Morgan fingerprint density at radius 3 is 2.21 bits per heavy atom. The normalized spacial score (nSPS) is 11.6. The van der Waals surface area contributed by atoms with Crippen molar-refractivity contribution in [2.45, 2.75) is 65.7 Å². The first kappa shape index (κ1) is 13.5. The lowest BCUT2D eigenvalue weighted by atomic mass is 9.82. The molecule has 0 bridgehead atoms. The summed E-state index contributed by atoms with van der Waals surface area (Å²) in [7, 11) is 0. The quantitative estimate of drug-likeness (QED) is 0.604. The molecule has 0 aliphatic carbocycles. The van der Waals surface area contributed by atoms with Gasteiger partial charge in [0.05, 0.1) is 0 Å². The SMILES string of the molecule is CCCCCC(C)(C)CCCC(=O)O. The van der Waals surface area contributed by atoms with E-state index < -0.39 is 5.97 Å². The smallest absolute Gasteiger partial charge is 0.303 e. The van der Waals surface area contributed by atoms with Gasteiger partial charge < -0.3 is 5.11 Å². The molecule has 2 nitrogen and oxygen atoms in total. The largest absolute Gasteiger partial charge is 0.481 e. The van der Waals surface area contributed by atoms with Gasteiger partial charge in [-0.15, -0.1) is 0 Å². The maximum atomic E-state index is 10.3. The Balaban J connectivity index is 3.55. The second-order valence-electron chi connectivity index (χ2n) is 4.87. The fourth-order valence-electron chi connectivity index (χ4n) is 1.70. The van der Waals surface area contributed by atoms with E-state index in [1.807, 2.05) is 0 Å². The number of hydrogen-bond donors (Lipinski definition) is 1. The van der Waals surface area contributed by atoms with Crippen LogP contribution < -0.4 is 0 Å². The van der Waals surface area contributed by atoms with Crippen molar-refractivity contribution in [2.75, 3.05) is 0 Å². The summed E-state index contributed by atoms with van der Waals surface area (Å²) in [4.78, 5) is 10.3. The van der Waals surface area contributed by atoms with Crippen molar-refractivity contribution in [1.82, 2.24) is 0 Å². The molecule has 14 heavy (non-hydrogen) atoms. The average molecular weight is 200 g/mol. The fourth-order valence-corrected chi connectivity index (χ4v) is 1.70. The van der Waals surface area contributed by atoms with Crippen LogP contribution in [0.5, 0.6) is 0 Å². The summed E-state index contributed by atoms with van der Waals surface area (Å²) in [6, 6.07) is 0. The molecular weight excluding hydrogens is 176 g/mol. The van der Waals surface area contributed by atoms with Crippen LogP contribution in [0.1, 0.15) is 65.7 Å². The fraction of sp³-hybridized carbons (Fsp3) is 0.917. The Hall–Kier alpha value is -0.530. The van der Waals surface area contributed by atoms with Gasteiger partial charge in [0.15, 0.2) is 0 Å². The molecule has 0 amide bonds. The standard InChI is InChI=1S/C12H24O2/c1-4-5-6-9-12(2,3)10-7-8-11(13)14/h4-10H2,1-3H3,(H,13,14). The topological polar surface area (TPSA) is 37.3 Å². The molecule has 0 atom stereocenters. The van der Waals surface area contributed by atoms with E-state index >= 15 is 0 Å². The molecule has 84 valence electrons. The highest BCUT2D eigenvalue weighted by molar-refractivity contribution is 5.66. The molecular formula is C12H24O2. The van der Waals surface area contributed by atoms with E-state index in [4.69, 9.17) is 5.11 Å². The van der Waals surface area contributed by atoms with Crippen LogP contribution in [0.25, 0.3) is 0 Å². The summed E-state index contributed by atoms with van der Waals surface area (Å²) in [6.07, 6.45) is 7.21. The summed E-state index contributed by atoms with van der Waals surface area (Å²) in [6.45, 7) is 6.69. The van der Waals surface area contributed by atoms with E-state index in [0.717, 1.165) is 12.8 Å². The van der Waals surface area contributed by atoms with Gasteiger partial charge in [-0.25, -0.2) is 0 Å². The van der Waals surface area contributed by atoms with Gasteiger partial charge in [-0.2, -0.15) is 0 Å². The van der Waals surface area contributed by atoms with E-state index in [9.17, 15) is 4.79 Å². The van der Waals surface area contributed by atoms with Crippen molar-refractivity contribution in [3.8, 4) is 0 Å². The maximum absolute atomic E-state index is 10.3. The summed E-state index contributed by atoms with van der Waals surface area (Å²) < 4.78 is 0. The lowest BCUT2D eigenvalue weighted by Crippen LogP contribution is -2.11. The minimum Gasteiger partial charge on any atom is -0.481 e. The molecule has 0 aliphatic rings. The zero-order valence-electron chi connectivity index (χ0n) is 9.81. The van der Waals surface area contributed by atoms with Crippen LogP contribution >= 0.6 is 0 Å². The second-order valence-corrected chi connectivity index (χ2v) is 4.87. The summed E-state index contributed by atoms with van der Waals surface area (Å²) in [5.41, 5.74) is 0.324. The number of aliphatic carboxylic acids is 1. The van der Waals surface area contributed by atoms with E-state index in [1.165, 1.54) is 25.7 Å². The molecule has 0 rings (SSSR count). The van der Waals surface area contributed by atoms with Crippen LogP contribution in [0.4, 0.5) is 0 Å². The number of rotatable bonds is 8. The second kappa shape index (κ2) is 6.86. The molecule has 0 aromatic heterocycles. The molecule has 0 fully saturated rings. The van der Waals surface area contributed by atoms with Crippen LogP contribution in [-0.2, 0) is 4.79 Å². The van der Waals surface area contributed by atoms with E-state index in [0.29, 0.717) is 11.8 Å². The lowest BCUT2D eigenvalue weighted by molar-refractivity contribution is -0.137. The van der Waals surface area contributed by atoms with Gasteiger partial charge in [-0.05, 0) is 24.7 Å². The molecule has 0 saturated carbocycles. The van der Waals surface area contributed by atoms with Crippen molar-refractivity contribution in [2.24, 2.45) is 5.41 Å². The van der Waals surface area contributed by atoms with Gasteiger partial charge in [0.1, 0.15) is 0 Å². The Morgan fingerprint density at radius 1 is 1.14 bits per heavy atom. The zero-order chi connectivity index (χ0) is 11.0. The zero-order valence-corrected chi connectivity index (χ0v) is 9.81. The first-order chi connectivity index (χ1) is 6.48. The predicted molar refractivity (Wildman–Crippen MR) is 59.4 cm³/mol. The molecule has 0 radical (unpaired) electrons. The monoisotopic (exact) mass is 200 g/mol. The molecule has 0 spiro atoms. The van der Waals surface area contributed by atoms with Crippen LogP contribution in [0.3, 0.4) is 0 Å². The predicted octanol–water partition coefficient (Wildman–Crippen LogP) is 3.85. The van der Waals surface area contributed by atoms with Crippen molar-refractivity contribution in [3.63, 3.8) is 0 Å². The Labute approximate surface area is 87.7 Å². The Morgan fingerprint density at radius 2 is 1.71 bits per heavy atom. The van der Waals surface area contributed by atoms with Gasteiger partial charge in [-0.1, -0.05) is 40.0 Å². The third kappa shape index (κ3) is 8.09. The number of carbonyl (C=O) groups is 1. The molecule has 0 unspecified atom stereocenters. The van der Waals surface area contributed by atoms with Crippen molar-refractivity contribution < 1.29 is 9.90 Å². The highest BCUT2D eigenvalue weighted by Crippen LogP contribution is 2.29. The highest BCUT2D eigenvalue weighted by Gasteiger charge is 2.16. The van der Waals surface area contributed by atoms with Crippen LogP contribution in [-0.4, -0.2) is 11.1 Å². The summed E-state index contributed by atoms with van der Waals surface area (Å²) in [5.74, 6) is -0.672.